The molecule has 0 bridgehead atoms. The average Bonchev–Trinajstić information content (AvgIpc) is 2.96. The van der Waals surface area contributed by atoms with Crippen molar-refractivity contribution in [3.05, 3.63) is 72.1 Å². The predicted molar refractivity (Wildman–Crippen MR) is 95.6 cm³/mol. The van der Waals surface area contributed by atoms with Gasteiger partial charge in [-0.05, 0) is 37.3 Å². The van der Waals surface area contributed by atoms with Crippen LogP contribution in [-0.2, 0) is 6.18 Å². The molecule has 0 radical (unpaired) electrons. The van der Waals surface area contributed by atoms with Crippen LogP contribution in [0, 0.1) is 12.7 Å². The van der Waals surface area contributed by atoms with Crippen molar-refractivity contribution in [2.24, 2.45) is 0 Å². The van der Waals surface area contributed by atoms with Crippen molar-refractivity contribution in [2.75, 3.05) is 5.32 Å². The van der Waals surface area contributed by atoms with Crippen molar-refractivity contribution in [1.82, 2.24) is 19.4 Å². The Hall–Kier alpha value is -3.49. The van der Waals surface area contributed by atoms with Gasteiger partial charge in [0, 0.05) is 11.9 Å². The van der Waals surface area contributed by atoms with Crippen molar-refractivity contribution in [1.29, 1.82) is 0 Å². The maximum atomic E-state index is 13.8. The number of imidazole rings is 1. The zero-order valence-corrected chi connectivity index (χ0v) is 14.5. The first-order valence-corrected chi connectivity index (χ1v) is 8.23. The highest BCUT2D eigenvalue weighted by Crippen LogP contribution is 2.33. The summed E-state index contributed by atoms with van der Waals surface area (Å²) in [5.41, 5.74) is 1.57. The van der Waals surface area contributed by atoms with E-state index in [0.29, 0.717) is 11.8 Å². The molecule has 3 heterocycles. The van der Waals surface area contributed by atoms with E-state index in [9.17, 15) is 17.6 Å². The smallest absolute Gasteiger partial charge is 0.339 e. The van der Waals surface area contributed by atoms with Crippen molar-refractivity contribution in [3.63, 3.8) is 0 Å². The molecule has 1 N–H and O–H groups in total. The molecule has 0 atom stereocenters. The fourth-order valence-electron chi connectivity index (χ4n) is 2.93. The van der Waals surface area contributed by atoms with E-state index in [1.165, 1.54) is 6.20 Å². The van der Waals surface area contributed by atoms with E-state index in [-0.39, 0.29) is 11.5 Å². The van der Waals surface area contributed by atoms with Crippen LogP contribution >= 0.6 is 0 Å². The molecule has 142 valence electrons. The Bertz CT molecular complexity index is 1170. The van der Waals surface area contributed by atoms with E-state index < -0.39 is 17.6 Å². The van der Waals surface area contributed by atoms with Gasteiger partial charge in [-0.2, -0.15) is 13.2 Å². The van der Waals surface area contributed by atoms with Gasteiger partial charge in [0.05, 0.1) is 29.3 Å². The third kappa shape index (κ3) is 3.26. The average molecular weight is 387 g/mol. The Labute approximate surface area is 156 Å². The van der Waals surface area contributed by atoms with Gasteiger partial charge >= 0.3 is 6.18 Å². The van der Waals surface area contributed by atoms with Crippen LogP contribution in [0.5, 0.6) is 0 Å². The van der Waals surface area contributed by atoms with Crippen LogP contribution in [0.25, 0.3) is 17.0 Å². The van der Waals surface area contributed by atoms with E-state index in [0.717, 1.165) is 29.2 Å². The van der Waals surface area contributed by atoms with Crippen molar-refractivity contribution in [3.8, 4) is 11.4 Å². The predicted octanol–water partition coefficient (Wildman–Crippen LogP) is 5.00. The molecule has 0 fully saturated rings. The highest BCUT2D eigenvalue weighted by atomic mass is 19.4. The molecule has 0 amide bonds. The highest BCUT2D eigenvalue weighted by Gasteiger charge is 2.33. The summed E-state index contributed by atoms with van der Waals surface area (Å²) in [5.74, 6) is -1.10. The lowest BCUT2D eigenvalue weighted by Crippen LogP contribution is -2.08. The molecule has 1 aromatic carbocycles. The number of halogens is 4. The van der Waals surface area contributed by atoms with E-state index in [1.54, 1.807) is 6.20 Å². The first kappa shape index (κ1) is 17.9. The van der Waals surface area contributed by atoms with E-state index in [2.05, 4.69) is 20.3 Å². The second-order valence-corrected chi connectivity index (χ2v) is 6.08. The molecule has 4 aromatic rings. The summed E-state index contributed by atoms with van der Waals surface area (Å²) in [5, 5.41) is 2.78. The number of nitrogens with zero attached hydrogens (tertiary/aromatic N) is 4. The normalized spacial score (nSPS) is 11.8. The standard InChI is InChI=1S/C19H13F4N5/c1-11-18(28-7-3-2-4-17(28)25-11)15-9-24-10-16(27-15)26-12-5-6-13(14(20)8-12)19(21,22)23/h2-10H,1H3,(H,26,27). The number of alkyl halides is 3. The van der Waals surface area contributed by atoms with Gasteiger partial charge in [-0.25, -0.2) is 14.4 Å². The van der Waals surface area contributed by atoms with Crippen LogP contribution in [0.2, 0.25) is 0 Å². The van der Waals surface area contributed by atoms with Crippen molar-refractivity contribution < 1.29 is 17.6 Å². The molecule has 0 aliphatic carbocycles. The SMILES string of the molecule is Cc1nc2ccccn2c1-c1cncc(Nc2ccc(C(F)(F)F)c(F)c2)n1. The number of benzene rings is 1. The van der Waals surface area contributed by atoms with E-state index in [1.807, 2.05) is 35.7 Å². The molecule has 0 unspecified atom stereocenters. The summed E-state index contributed by atoms with van der Waals surface area (Å²) >= 11 is 0. The summed E-state index contributed by atoms with van der Waals surface area (Å²) in [6, 6.07) is 8.18. The van der Waals surface area contributed by atoms with Gasteiger partial charge in [0.25, 0.3) is 0 Å². The minimum absolute atomic E-state index is 0.131. The molecule has 0 aliphatic heterocycles. The lowest BCUT2D eigenvalue weighted by Gasteiger charge is -2.11. The molecule has 0 saturated carbocycles. The molecular weight excluding hydrogens is 374 g/mol. The Balaban J connectivity index is 1.68. The molecule has 28 heavy (non-hydrogen) atoms. The second kappa shape index (κ2) is 6.59. The lowest BCUT2D eigenvalue weighted by molar-refractivity contribution is -0.139. The van der Waals surface area contributed by atoms with Crippen LogP contribution in [0.15, 0.2) is 55.0 Å². The van der Waals surface area contributed by atoms with Gasteiger partial charge in [-0.3, -0.25) is 9.38 Å². The minimum atomic E-state index is -4.75. The molecule has 4 rings (SSSR count). The molecule has 0 aliphatic rings. The Morgan fingerprint density at radius 1 is 1.04 bits per heavy atom. The number of aryl methyl sites for hydroxylation is 1. The maximum absolute atomic E-state index is 13.8. The molecule has 9 heteroatoms. The van der Waals surface area contributed by atoms with Crippen LogP contribution in [0.3, 0.4) is 0 Å². The minimum Gasteiger partial charge on any atom is -0.339 e. The third-order valence-corrected chi connectivity index (χ3v) is 4.13. The van der Waals surface area contributed by atoms with E-state index in [4.69, 9.17) is 0 Å². The maximum Gasteiger partial charge on any atom is 0.419 e. The monoisotopic (exact) mass is 387 g/mol. The molecular formula is C19H13F4N5. The lowest BCUT2D eigenvalue weighted by atomic mass is 10.2. The van der Waals surface area contributed by atoms with Crippen molar-refractivity contribution >= 4 is 17.2 Å². The van der Waals surface area contributed by atoms with Gasteiger partial charge in [0.15, 0.2) is 0 Å². The van der Waals surface area contributed by atoms with Crippen LogP contribution < -0.4 is 5.32 Å². The number of nitrogens with one attached hydrogen (secondary N) is 1. The van der Waals surface area contributed by atoms with Crippen LogP contribution in [0.1, 0.15) is 11.3 Å². The summed E-state index contributed by atoms with van der Waals surface area (Å²) in [6.45, 7) is 1.84. The summed E-state index contributed by atoms with van der Waals surface area (Å²) < 4.78 is 53.7. The number of anilines is 2. The number of hydrogen-bond acceptors (Lipinski definition) is 4. The zero-order valence-electron chi connectivity index (χ0n) is 14.5. The zero-order chi connectivity index (χ0) is 19.9. The van der Waals surface area contributed by atoms with Crippen LogP contribution in [-0.4, -0.2) is 19.4 Å². The summed E-state index contributed by atoms with van der Waals surface area (Å²) in [7, 11) is 0. The third-order valence-electron chi connectivity index (χ3n) is 4.13. The van der Waals surface area contributed by atoms with Crippen LogP contribution in [0.4, 0.5) is 29.1 Å². The molecule has 0 spiro atoms. The van der Waals surface area contributed by atoms with E-state index >= 15 is 0 Å². The van der Waals surface area contributed by atoms with Crippen molar-refractivity contribution in [2.45, 2.75) is 13.1 Å². The Kier molecular flexibility index (Phi) is 4.21. The Morgan fingerprint density at radius 2 is 1.86 bits per heavy atom. The molecule has 3 aromatic heterocycles. The highest BCUT2D eigenvalue weighted by molar-refractivity contribution is 5.66. The Morgan fingerprint density at radius 3 is 2.61 bits per heavy atom. The fraction of sp³-hybridized carbons (Fsp3) is 0.105. The first-order valence-electron chi connectivity index (χ1n) is 8.23. The topological polar surface area (TPSA) is 55.1 Å². The summed E-state index contributed by atoms with van der Waals surface area (Å²) in [6.07, 6.45) is 0.0558. The van der Waals surface area contributed by atoms with Gasteiger partial charge in [-0.1, -0.05) is 6.07 Å². The number of fused-ring (bicyclic) bond motifs is 1. The van der Waals surface area contributed by atoms with Gasteiger partial charge in [0.2, 0.25) is 0 Å². The fourth-order valence-corrected chi connectivity index (χ4v) is 2.93. The number of aromatic nitrogens is 4. The van der Waals surface area contributed by atoms with Gasteiger partial charge in [0.1, 0.15) is 23.0 Å². The summed E-state index contributed by atoms with van der Waals surface area (Å²) in [4.78, 5) is 13.0. The van der Waals surface area contributed by atoms with Gasteiger partial charge < -0.3 is 5.32 Å². The first-order chi connectivity index (χ1) is 13.3. The molecule has 0 saturated heterocycles. The van der Waals surface area contributed by atoms with Gasteiger partial charge in [-0.15, -0.1) is 0 Å². The number of pyridine rings is 1. The second-order valence-electron chi connectivity index (χ2n) is 6.08. The number of hydrogen-bond donors (Lipinski definition) is 1. The molecule has 5 nitrogen and oxygen atoms in total. The quantitative estimate of drug-likeness (QED) is 0.503. The number of rotatable bonds is 3. The largest absolute Gasteiger partial charge is 0.419 e.